The number of aromatic carboxylic acids is 1. The van der Waals surface area contributed by atoms with Gasteiger partial charge < -0.3 is 9.90 Å². The maximum absolute atomic E-state index is 12.5. The van der Waals surface area contributed by atoms with Gasteiger partial charge in [0, 0.05) is 4.47 Å². The van der Waals surface area contributed by atoms with Crippen LogP contribution in [0.25, 0.3) is 0 Å². The van der Waals surface area contributed by atoms with E-state index in [2.05, 4.69) is 15.9 Å². The topological polar surface area (TPSA) is 77.5 Å². The molecule has 1 heterocycles. The smallest absolute Gasteiger partial charge is 0.238 e. The van der Waals surface area contributed by atoms with Crippen molar-refractivity contribution in [2.75, 3.05) is 4.90 Å². The molecule has 21 heavy (non-hydrogen) atoms. The first-order chi connectivity index (χ1) is 10.0. The molecule has 2 aliphatic rings. The number of anilines is 1. The van der Waals surface area contributed by atoms with Crippen LogP contribution in [0.15, 0.2) is 34.8 Å². The fourth-order valence-electron chi connectivity index (χ4n) is 2.85. The molecule has 2 unspecified atom stereocenters. The van der Waals surface area contributed by atoms with Gasteiger partial charge in [0.1, 0.15) is 0 Å². The Kier molecular flexibility index (Phi) is 3.41. The summed E-state index contributed by atoms with van der Waals surface area (Å²) in [6.07, 6.45) is 4.90. The number of hydrogen-bond donors (Lipinski definition) is 0. The number of carboxylic acids is 1. The van der Waals surface area contributed by atoms with Crippen molar-refractivity contribution in [3.05, 3.63) is 40.4 Å². The number of carbonyl (C=O) groups excluding carboxylic acids is 3. The number of halogens is 1. The lowest BCUT2D eigenvalue weighted by atomic mass is 9.85. The highest BCUT2D eigenvalue weighted by molar-refractivity contribution is 9.10. The summed E-state index contributed by atoms with van der Waals surface area (Å²) in [5.74, 6) is -2.58. The summed E-state index contributed by atoms with van der Waals surface area (Å²) < 4.78 is 0.501. The van der Waals surface area contributed by atoms with Gasteiger partial charge >= 0.3 is 0 Å². The molecule has 1 aliphatic carbocycles. The summed E-state index contributed by atoms with van der Waals surface area (Å²) in [7, 11) is 0. The van der Waals surface area contributed by atoms with E-state index in [1.165, 1.54) is 18.2 Å². The summed E-state index contributed by atoms with van der Waals surface area (Å²) >= 11 is 3.27. The number of amides is 2. The molecule has 0 aromatic heterocycles. The molecule has 6 heteroatoms. The van der Waals surface area contributed by atoms with Crippen LogP contribution < -0.4 is 10.0 Å². The number of fused-ring (bicyclic) bond motifs is 1. The number of carbonyl (C=O) groups is 3. The molecule has 2 amide bonds. The van der Waals surface area contributed by atoms with Crippen molar-refractivity contribution in [1.82, 2.24) is 0 Å². The SMILES string of the molecule is O=C([O-])c1ccc(Br)c(N2C(=O)C3CC=CCC3C2=O)c1. The van der Waals surface area contributed by atoms with Gasteiger partial charge in [0.05, 0.1) is 23.5 Å². The minimum Gasteiger partial charge on any atom is -0.545 e. The predicted octanol–water partition coefficient (Wildman–Crippen LogP) is 1.27. The molecule has 0 spiro atoms. The van der Waals surface area contributed by atoms with Crippen molar-refractivity contribution in [3.63, 3.8) is 0 Å². The van der Waals surface area contributed by atoms with Crippen molar-refractivity contribution in [3.8, 4) is 0 Å². The summed E-state index contributed by atoms with van der Waals surface area (Å²) in [5.41, 5.74) is 0.197. The predicted molar refractivity (Wildman–Crippen MR) is 76.3 cm³/mol. The van der Waals surface area contributed by atoms with E-state index in [4.69, 9.17) is 0 Å². The third kappa shape index (κ3) is 2.19. The molecular formula is C15H11BrNO4-. The van der Waals surface area contributed by atoms with Crippen molar-refractivity contribution in [1.29, 1.82) is 0 Å². The average molecular weight is 349 g/mol. The molecule has 1 fully saturated rings. The summed E-state index contributed by atoms with van der Waals surface area (Å²) in [4.78, 5) is 37.0. The molecule has 0 bridgehead atoms. The Morgan fingerprint density at radius 2 is 1.71 bits per heavy atom. The number of allylic oxidation sites excluding steroid dienone is 2. The number of rotatable bonds is 2. The Bertz CT molecular complexity index is 656. The molecule has 1 saturated heterocycles. The molecular weight excluding hydrogens is 338 g/mol. The van der Waals surface area contributed by atoms with Crippen LogP contribution in [0, 0.1) is 11.8 Å². The number of carboxylic acid groups (broad SMARTS) is 1. The highest BCUT2D eigenvalue weighted by atomic mass is 79.9. The van der Waals surface area contributed by atoms with Gasteiger partial charge in [-0.3, -0.25) is 9.59 Å². The zero-order valence-electron chi connectivity index (χ0n) is 10.9. The molecule has 3 rings (SSSR count). The van der Waals surface area contributed by atoms with Crippen LogP contribution in [0.5, 0.6) is 0 Å². The monoisotopic (exact) mass is 348 g/mol. The van der Waals surface area contributed by atoms with Crippen LogP contribution in [-0.2, 0) is 9.59 Å². The molecule has 108 valence electrons. The van der Waals surface area contributed by atoms with Crippen LogP contribution in [0.3, 0.4) is 0 Å². The summed E-state index contributed by atoms with van der Waals surface area (Å²) in [6.45, 7) is 0. The number of benzene rings is 1. The Hall–Kier alpha value is -1.95. The summed E-state index contributed by atoms with van der Waals surface area (Å²) in [5, 5.41) is 11.0. The fourth-order valence-corrected chi connectivity index (χ4v) is 3.27. The maximum Gasteiger partial charge on any atom is 0.238 e. The second-order valence-electron chi connectivity index (χ2n) is 5.12. The summed E-state index contributed by atoms with van der Waals surface area (Å²) in [6, 6.07) is 4.16. The van der Waals surface area contributed by atoms with E-state index < -0.39 is 5.97 Å². The first-order valence-corrected chi connectivity index (χ1v) is 7.33. The third-order valence-electron chi connectivity index (χ3n) is 3.93. The number of hydrogen-bond acceptors (Lipinski definition) is 4. The van der Waals surface area contributed by atoms with Gasteiger partial charge in [-0.05, 0) is 46.5 Å². The van der Waals surface area contributed by atoms with Gasteiger partial charge in [-0.25, -0.2) is 4.90 Å². The second kappa shape index (κ2) is 5.11. The van der Waals surface area contributed by atoms with Crippen molar-refractivity contribution < 1.29 is 19.5 Å². The molecule has 0 saturated carbocycles. The molecule has 0 N–H and O–H groups in total. The molecule has 5 nitrogen and oxygen atoms in total. The Morgan fingerprint density at radius 1 is 1.14 bits per heavy atom. The van der Waals surface area contributed by atoms with Crippen LogP contribution in [0.4, 0.5) is 5.69 Å². The van der Waals surface area contributed by atoms with Gasteiger partial charge in [-0.1, -0.05) is 18.2 Å². The maximum atomic E-state index is 12.5. The lowest BCUT2D eigenvalue weighted by Gasteiger charge is -2.18. The number of imide groups is 1. The van der Waals surface area contributed by atoms with E-state index in [1.807, 2.05) is 12.2 Å². The normalized spacial score (nSPS) is 24.3. The Labute approximate surface area is 129 Å². The Morgan fingerprint density at radius 3 is 2.24 bits per heavy atom. The van der Waals surface area contributed by atoms with E-state index in [0.29, 0.717) is 17.3 Å². The largest absolute Gasteiger partial charge is 0.545 e. The number of nitrogens with zero attached hydrogens (tertiary/aromatic N) is 1. The van der Waals surface area contributed by atoms with E-state index >= 15 is 0 Å². The first kappa shape index (κ1) is 14.0. The zero-order valence-corrected chi connectivity index (χ0v) is 12.5. The van der Waals surface area contributed by atoms with E-state index in [-0.39, 0.29) is 34.9 Å². The van der Waals surface area contributed by atoms with Crippen molar-refractivity contribution in [2.24, 2.45) is 11.8 Å². The standard InChI is InChI=1S/C15H12BrNO4/c16-11-6-5-8(15(20)21)7-12(11)17-13(18)9-3-1-2-4-10(9)14(17)19/h1-2,5-7,9-10H,3-4H2,(H,20,21)/p-1. The van der Waals surface area contributed by atoms with Gasteiger partial charge in [-0.15, -0.1) is 0 Å². The molecule has 2 atom stereocenters. The van der Waals surface area contributed by atoms with E-state index in [1.54, 1.807) is 0 Å². The van der Waals surface area contributed by atoms with Crippen LogP contribution in [-0.4, -0.2) is 17.8 Å². The fraction of sp³-hybridized carbons (Fsp3) is 0.267. The van der Waals surface area contributed by atoms with E-state index in [0.717, 1.165) is 4.90 Å². The van der Waals surface area contributed by atoms with Gasteiger partial charge in [-0.2, -0.15) is 0 Å². The highest BCUT2D eigenvalue weighted by Gasteiger charge is 2.48. The lowest BCUT2D eigenvalue weighted by molar-refractivity contribution is -0.255. The average Bonchev–Trinajstić information content (AvgIpc) is 2.72. The van der Waals surface area contributed by atoms with Crippen LogP contribution >= 0.6 is 15.9 Å². The highest BCUT2D eigenvalue weighted by Crippen LogP contribution is 2.40. The minimum absolute atomic E-state index is 0.0678. The molecule has 1 aromatic carbocycles. The van der Waals surface area contributed by atoms with Crippen molar-refractivity contribution >= 4 is 39.4 Å². The quantitative estimate of drug-likeness (QED) is 0.595. The molecule has 0 radical (unpaired) electrons. The second-order valence-corrected chi connectivity index (χ2v) is 5.98. The van der Waals surface area contributed by atoms with Crippen LogP contribution in [0.1, 0.15) is 23.2 Å². The van der Waals surface area contributed by atoms with Gasteiger partial charge in [0.2, 0.25) is 11.8 Å². The van der Waals surface area contributed by atoms with Crippen molar-refractivity contribution in [2.45, 2.75) is 12.8 Å². The van der Waals surface area contributed by atoms with Gasteiger partial charge in [0.15, 0.2) is 0 Å². The third-order valence-corrected chi connectivity index (χ3v) is 4.60. The first-order valence-electron chi connectivity index (χ1n) is 6.54. The zero-order chi connectivity index (χ0) is 15.1. The Balaban J connectivity index is 2.05. The van der Waals surface area contributed by atoms with Gasteiger partial charge in [0.25, 0.3) is 0 Å². The van der Waals surface area contributed by atoms with Crippen LogP contribution in [0.2, 0.25) is 0 Å². The van der Waals surface area contributed by atoms with E-state index in [9.17, 15) is 19.5 Å². The molecule has 1 aliphatic heterocycles. The lowest BCUT2D eigenvalue weighted by Crippen LogP contribution is -2.32. The minimum atomic E-state index is -1.35. The molecule has 1 aromatic rings.